The predicted octanol–water partition coefficient (Wildman–Crippen LogP) is 1.40. The highest BCUT2D eigenvalue weighted by atomic mass is 16.5. The summed E-state index contributed by atoms with van der Waals surface area (Å²) >= 11 is 0. The normalized spacial score (nSPS) is 30.3. The molecule has 1 aromatic carbocycles. The van der Waals surface area contributed by atoms with Gasteiger partial charge in [0.15, 0.2) is 0 Å². The van der Waals surface area contributed by atoms with Crippen LogP contribution in [0.15, 0.2) is 36.4 Å². The zero-order chi connectivity index (χ0) is 21.5. The van der Waals surface area contributed by atoms with Gasteiger partial charge in [0.1, 0.15) is 0 Å². The minimum Gasteiger partial charge on any atom is -0.465 e. The van der Waals surface area contributed by atoms with Gasteiger partial charge < -0.3 is 4.74 Å². The lowest BCUT2D eigenvalue weighted by Gasteiger charge is -2.35. The number of ether oxygens (including phenoxy) is 1. The summed E-state index contributed by atoms with van der Waals surface area (Å²) in [4.78, 5) is 43.5. The number of likely N-dealkylation sites (tertiary alicyclic amines) is 1. The molecule has 2 aliphatic carbocycles. The van der Waals surface area contributed by atoms with Crippen LogP contribution in [0.5, 0.6) is 0 Å². The van der Waals surface area contributed by atoms with Gasteiger partial charge in [-0.25, -0.2) is 4.79 Å². The summed E-state index contributed by atoms with van der Waals surface area (Å²) in [6.45, 7) is 5.85. The molecule has 2 bridgehead atoms. The van der Waals surface area contributed by atoms with E-state index in [0.717, 1.165) is 45.7 Å². The molecule has 2 aliphatic heterocycles. The van der Waals surface area contributed by atoms with Crippen LogP contribution >= 0.6 is 0 Å². The number of imide groups is 1. The first-order chi connectivity index (χ1) is 15.0. The molecule has 4 atom stereocenters. The molecule has 0 spiro atoms. The van der Waals surface area contributed by atoms with Gasteiger partial charge in [-0.1, -0.05) is 24.3 Å². The molecular formula is C24H29N3O4. The van der Waals surface area contributed by atoms with E-state index in [1.165, 1.54) is 17.6 Å². The van der Waals surface area contributed by atoms with E-state index in [1.54, 1.807) is 12.1 Å². The fourth-order valence-electron chi connectivity index (χ4n) is 5.72. The maximum absolute atomic E-state index is 12.8. The van der Waals surface area contributed by atoms with Crippen LogP contribution in [0.2, 0.25) is 0 Å². The minimum atomic E-state index is -0.317. The molecule has 7 heteroatoms. The number of carbonyl (C=O) groups is 3. The summed E-state index contributed by atoms with van der Waals surface area (Å²) in [6, 6.07) is 7.56. The Balaban J connectivity index is 1.08. The Kier molecular flexibility index (Phi) is 5.40. The second-order valence-corrected chi connectivity index (χ2v) is 9.13. The van der Waals surface area contributed by atoms with Gasteiger partial charge >= 0.3 is 5.97 Å². The van der Waals surface area contributed by atoms with Crippen molar-refractivity contribution >= 4 is 17.8 Å². The summed E-state index contributed by atoms with van der Waals surface area (Å²) in [5, 5.41) is 0. The molecule has 2 heterocycles. The van der Waals surface area contributed by atoms with E-state index in [1.807, 2.05) is 12.1 Å². The van der Waals surface area contributed by atoms with Crippen molar-refractivity contribution in [1.29, 1.82) is 0 Å². The minimum absolute atomic E-state index is 0.0564. The van der Waals surface area contributed by atoms with Crippen molar-refractivity contribution in [3.05, 3.63) is 47.5 Å². The van der Waals surface area contributed by atoms with E-state index in [0.29, 0.717) is 12.1 Å². The van der Waals surface area contributed by atoms with Gasteiger partial charge in [-0.2, -0.15) is 0 Å². The zero-order valence-corrected chi connectivity index (χ0v) is 17.9. The van der Waals surface area contributed by atoms with E-state index < -0.39 is 0 Å². The quantitative estimate of drug-likeness (QED) is 0.391. The SMILES string of the molecule is COC(=O)c1ccc(CN2CCN(CCN3C(=O)[C@H]4[C@H](C3=O)[C@@H]3C=C[C@@H]4C3)CC2)cc1. The molecule has 31 heavy (non-hydrogen) atoms. The third kappa shape index (κ3) is 3.70. The molecule has 0 unspecified atom stereocenters. The van der Waals surface area contributed by atoms with E-state index in [4.69, 9.17) is 4.74 Å². The molecule has 0 aromatic heterocycles. The third-order valence-electron chi connectivity index (χ3n) is 7.45. The van der Waals surface area contributed by atoms with Crippen molar-refractivity contribution in [3.8, 4) is 0 Å². The molecule has 2 amide bonds. The van der Waals surface area contributed by atoms with Crippen molar-refractivity contribution in [3.63, 3.8) is 0 Å². The van der Waals surface area contributed by atoms with Crippen LogP contribution in [0.3, 0.4) is 0 Å². The maximum atomic E-state index is 12.8. The van der Waals surface area contributed by atoms with E-state index in [2.05, 4.69) is 22.0 Å². The van der Waals surface area contributed by atoms with Gasteiger partial charge in [0.2, 0.25) is 11.8 Å². The molecular weight excluding hydrogens is 394 g/mol. The number of fused-ring (bicyclic) bond motifs is 5. The first kappa shape index (κ1) is 20.4. The number of amides is 2. The smallest absolute Gasteiger partial charge is 0.337 e. The maximum Gasteiger partial charge on any atom is 0.337 e. The highest BCUT2D eigenvalue weighted by molar-refractivity contribution is 6.06. The van der Waals surface area contributed by atoms with E-state index >= 15 is 0 Å². The number of benzene rings is 1. The van der Waals surface area contributed by atoms with Gasteiger partial charge in [-0.05, 0) is 36.0 Å². The first-order valence-electron chi connectivity index (χ1n) is 11.2. The predicted molar refractivity (Wildman–Crippen MR) is 114 cm³/mol. The van der Waals surface area contributed by atoms with Crippen LogP contribution < -0.4 is 0 Å². The third-order valence-corrected chi connectivity index (χ3v) is 7.45. The summed E-state index contributed by atoms with van der Waals surface area (Å²) in [6.07, 6.45) is 5.26. The summed E-state index contributed by atoms with van der Waals surface area (Å²) in [7, 11) is 1.39. The van der Waals surface area contributed by atoms with Gasteiger partial charge in [-0.15, -0.1) is 0 Å². The van der Waals surface area contributed by atoms with Gasteiger partial charge in [-0.3, -0.25) is 24.3 Å². The van der Waals surface area contributed by atoms with Crippen LogP contribution in [0.25, 0.3) is 0 Å². The van der Waals surface area contributed by atoms with Gasteiger partial charge in [0.05, 0.1) is 24.5 Å². The van der Waals surface area contributed by atoms with Crippen LogP contribution in [0.4, 0.5) is 0 Å². The molecule has 4 aliphatic rings. The molecule has 1 saturated carbocycles. The number of piperazine rings is 1. The Morgan fingerprint density at radius 1 is 0.903 bits per heavy atom. The van der Waals surface area contributed by atoms with Gasteiger partial charge in [0, 0.05) is 45.8 Å². The number of rotatable bonds is 6. The molecule has 2 saturated heterocycles. The summed E-state index contributed by atoms with van der Waals surface area (Å²) < 4.78 is 4.74. The lowest BCUT2D eigenvalue weighted by molar-refractivity contribution is -0.141. The van der Waals surface area contributed by atoms with Crippen LogP contribution in [-0.4, -0.2) is 78.9 Å². The van der Waals surface area contributed by atoms with Gasteiger partial charge in [0.25, 0.3) is 0 Å². The van der Waals surface area contributed by atoms with Crippen LogP contribution in [0, 0.1) is 23.7 Å². The Bertz CT molecular complexity index is 874. The average molecular weight is 424 g/mol. The van der Waals surface area contributed by atoms with Crippen molar-refractivity contribution in [2.45, 2.75) is 13.0 Å². The Labute approximate surface area is 182 Å². The number of hydrogen-bond donors (Lipinski definition) is 0. The average Bonchev–Trinajstić information content (AvgIpc) is 3.48. The highest BCUT2D eigenvalue weighted by Crippen LogP contribution is 2.52. The lowest BCUT2D eigenvalue weighted by atomic mass is 9.85. The molecule has 1 aromatic rings. The number of nitrogens with zero attached hydrogens (tertiary/aromatic N) is 3. The number of allylic oxidation sites excluding steroid dienone is 2. The largest absolute Gasteiger partial charge is 0.465 e. The molecule has 0 N–H and O–H groups in total. The Morgan fingerprint density at radius 3 is 2.06 bits per heavy atom. The van der Waals surface area contributed by atoms with E-state index in [9.17, 15) is 14.4 Å². The Hall–Kier alpha value is -2.51. The summed E-state index contributed by atoms with van der Waals surface area (Å²) in [5.74, 6) is 0.169. The van der Waals surface area contributed by atoms with Crippen molar-refractivity contribution in [2.75, 3.05) is 46.4 Å². The molecule has 5 rings (SSSR count). The van der Waals surface area contributed by atoms with Crippen molar-refractivity contribution in [1.82, 2.24) is 14.7 Å². The molecule has 3 fully saturated rings. The Morgan fingerprint density at radius 2 is 1.48 bits per heavy atom. The van der Waals surface area contributed by atoms with E-state index in [-0.39, 0.29) is 41.5 Å². The monoisotopic (exact) mass is 423 g/mol. The number of esters is 1. The standard InChI is InChI=1S/C24H29N3O4/c1-31-24(30)17-4-2-16(3-5-17)15-26-10-8-25(9-11-26)12-13-27-22(28)20-18-6-7-19(14-18)21(20)23(27)29/h2-7,18-21H,8-15H2,1H3/t18-,19-,20-,21-/m1/s1. The van der Waals surface area contributed by atoms with Crippen molar-refractivity contribution < 1.29 is 19.1 Å². The fraction of sp³-hybridized carbons (Fsp3) is 0.542. The van der Waals surface area contributed by atoms with Crippen molar-refractivity contribution in [2.24, 2.45) is 23.7 Å². The second kappa shape index (κ2) is 8.20. The molecule has 7 nitrogen and oxygen atoms in total. The van der Waals surface area contributed by atoms with Crippen LogP contribution in [0.1, 0.15) is 22.3 Å². The van der Waals surface area contributed by atoms with Crippen LogP contribution in [-0.2, 0) is 20.9 Å². The zero-order valence-electron chi connectivity index (χ0n) is 17.9. The summed E-state index contributed by atoms with van der Waals surface area (Å²) in [5.41, 5.74) is 1.74. The first-order valence-corrected chi connectivity index (χ1v) is 11.2. The molecule has 164 valence electrons. The number of carbonyl (C=O) groups excluding carboxylic acids is 3. The fourth-order valence-corrected chi connectivity index (χ4v) is 5.72. The molecule has 0 radical (unpaired) electrons. The highest BCUT2D eigenvalue weighted by Gasteiger charge is 2.59. The lowest BCUT2D eigenvalue weighted by Crippen LogP contribution is -2.48. The topological polar surface area (TPSA) is 70.2 Å². The number of methoxy groups -OCH3 is 1. The number of hydrogen-bond acceptors (Lipinski definition) is 6. The second-order valence-electron chi connectivity index (χ2n) is 9.13.